The summed E-state index contributed by atoms with van der Waals surface area (Å²) >= 11 is 0. The summed E-state index contributed by atoms with van der Waals surface area (Å²) < 4.78 is 23.7. The zero-order chi connectivity index (χ0) is 19.4. The normalized spacial score (nSPS) is 10.5. The van der Waals surface area contributed by atoms with Crippen molar-refractivity contribution in [3.63, 3.8) is 0 Å². The van der Waals surface area contributed by atoms with Gasteiger partial charge in [0.15, 0.2) is 0 Å². The number of methoxy groups -OCH3 is 2. The Morgan fingerprint density at radius 3 is 2.30 bits per heavy atom. The highest BCUT2D eigenvalue weighted by Gasteiger charge is 2.18. The van der Waals surface area contributed by atoms with Crippen LogP contribution in [0.25, 0.3) is 11.3 Å². The maximum absolute atomic E-state index is 13.2. The molecule has 1 aromatic heterocycles. The number of nitrogens with zero attached hydrogens (tertiary/aromatic N) is 1. The molecule has 0 spiro atoms. The van der Waals surface area contributed by atoms with Crippen LogP contribution in [0.4, 0.5) is 10.1 Å². The second kappa shape index (κ2) is 7.90. The number of benzene rings is 2. The summed E-state index contributed by atoms with van der Waals surface area (Å²) in [7, 11) is 3.04. The minimum absolute atomic E-state index is 0.327. The number of anilines is 1. The first-order chi connectivity index (χ1) is 13.0. The Hall–Kier alpha value is -3.35. The molecule has 0 radical (unpaired) electrons. The molecule has 1 heterocycles. The number of amides is 1. The van der Waals surface area contributed by atoms with Gasteiger partial charge < -0.3 is 14.8 Å². The number of carbonyl (C=O) groups excluding carboxylic acids is 1. The number of H-pyrrole nitrogens is 1. The van der Waals surface area contributed by atoms with Crippen LogP contribution in [0.2, 0.25) is 0 Å². The topological polar surface area (TPSA) is 76.2 Å². The molecule has 0 fully saturated rings. The maximum atomic E-state index is 13.2. The predicted molar refractivity (Wildman–Crippen MR) is 101 cm³/mol. The van der Waals surface area contributed by atoms with Gasteiger partial charge in [0.25, 0.3) is 5.91 Å². The molecule has 140 valence electrons. The second-order valence-corrected chi connectivity index (χ2v) is 5.84. The van der Waals surface area contributed by atoms with Crippen molar-refractivity contribution >= 4 is 11.6 Å². The Bertz CT molecular complexity index is 929. The lowest BCUT2D eigenvalue weighted by Gasteiger charge is -2.11. The van der Waals surface area contributed by atoms with E-state index in [4.69, 9.17) is 9.47 Å². The van der Waals surface area contributed by atoms with E-state index in [1.54, 1.807) is 30.3 Å². The van der Waals surface area contributed by atoms with Crippen molar-refractivity contribution < 1.29 is 18.7 Å². The van der Waals surface area contributed by atoms with Crippen molar-refractivity contribution in [3.8, 4) is 22.8 Å². The number of aryl methyl sites for hydroxylation is 1. The summed E-state index contributed by atoms with van der Waals surface area (Å²) in [5, 5.41) is 10.1. The molecule has 2 aromatic carbocycles. The lowest BCUT2D eigenvalue weighted by Crippen LogP contribution is -2.13. The van der Waals surface area contributed by atoms with Gasteiger partial charge in [0, 0.05) is 17.2 Å². The van der Waals surface area contributed by atoms with E-state index in [0.717, 1.165) is 5.69 Å². The van der Waals surface area contributed by atoms with E-state index < -0.39 is 0 Å². The van der Waals surface area contributed by atoms with Crippen molar-refractivity contribution in [1.29, 1.82) is 0 Å². The highest BCUT2D eigenvalue weighted by Crippen LogP contribution is 2.30. The summed E-state index contributed by atoms with van der Waals surface area (Å²) in [5.41, 5.74) is 2.98. The number of aromatic nitrogens is 2. The van der Waals surface area contributed by atoms with Gasteiger partial charge in [-0.1, -0.05) is 6.92 Å². The van der Waals surface area contributed by atoms with Gasteiger partial charge in [-0.05, 0) is 42.8 Å². The molecule has 7 heteroatoms. The molecule has 3 aromatic rings. The number of carbonyl (C=O) groups is 1. The number of rotatable bonds is 6. The first kappa shape index (κ1) is 18.4. The number of hydrogen-bond donors (Lipinski definition) is 2. The number of nitrogens with one attached hydrogen (secondary N) is 2. The molecule has 3 rings (SSSR count). The smallest absolute Gasteiger partial charge is 0.256 e. The van der Waals surface area contributed by atoms with Crippen molar-refractivity contribution in [3.05, 3.63) is 59.5 Å². The monoisotopic (exact) mass is 369 g/mol. The SMILES string of the molecule is CCc1[nH]nc(-c2ccc(F)cc2)c1NC(=O)c1cc(OC)cc(OC)c1. The van der Waals surface area contributed by atoms with Crippen LogP contribution >= 0.6 is 0 Å². The van der Waals surface area contributed by atoms with Crippen molar-refractivity contribution in [2.45, 2.75) is 13.3 Å². The van der Waals surface area contributed by atoms with Crippen LogP contribution in [0.3, 0.4) is 0 Å². The van der Waals surface area contributed by atoms with Crippen molar-refractivity contribution in [2.24, 2.45) is 0 Å². The largest absolute Gasteiger partial charge is 0.497 e. The minimum atomic E-state index is -0.334. The second-order valence-electron chi connectivity index (χ2n) is 5.84. The Kier molecular flexibility index (Phi) is 5.40. The molecule has 6 nitrogen and oxygen atoms in total. The molecule has 27 heavy (non-hydrogen) atoms. The van der Waals surface area contributed by atoms with Gasteiger partial charge in [-0.3, -0.25) is 9.89 Å². The quantitative estimate of drug-likeness (QED) is 0.687. The molecule has 0 aliphatic heterocycles. The third-order valence-electron chi connectivity index (χ3n) is 4.16. The van der Waals surface area contributed by atoms with E-state index >= 15 is 0 Å². The first-order valence-corrected chi connectivity index (χ1v) is 8.43. The van der Waals surface area contributed by atoms with Crippen molar-refractivity contribution in [2.75, 3.05) is 19.5 Å². The highest BCUT2D eigenvalue weighted by atomic mass is 19.1. The van der Waals surface area contributed by atoms with Crippen molar-refractivity contribution in [1.82, 2.24) is 10.2 Å². The molecule has 0 aliphatic carbocycles. The molecular formula is C20H20FN3O3. The summed E-state index contributed by atoms with van der Waals surface area (Å²) in [6, 6.07) is 10.9. The third kappa shape index (κ3) is 3.92. The van der Waals surface area contributed by atoms with Gasteiger partial charge in [0.2, 0.25) is 0 Å². The van der Waals surface area contributed by atoms with Crippen LogP contribution in [0.15, 0.2) is 42.5 Å². The van der Waals surface area contributed by atoms with Crippen LogP contribution in [0, 0.1) is 5.82 Å². The van der Waals surface area contributed by atoms with E-state index in [0.29, 0.717) is 40.4 Å². The molecule has 0 saturated heterocycles. The van der Waals surface area contributed by atoms with E-state index in [1.165, 1.54) is 26.4 Å². The fraction of sp³-hybridized carbons (Fsp3) is 0.200. The Morgan fingerprint density at radius 1 is 1.11 bits per heavy atom. The zero-order valence-corrected chi connectivity index (χ0v) is 15.3. The van der Waals surface area contributed by atoms with Gasteiger partial charge >= 0.3 is 0 Å². The van der Waals surface area contributed by atoms with Gasteiger partial charge in [-0.15, -0.1) is 0 Å². The number of hydrogen-bond acceptors (Lipinski definition) is 4. The average Bonchev–Trinajstić information content (AvgIpc) is 3.10. The Balaban J connectivity index is 1.96. The summed E-state index contributed by atoms with van der Waals surface area (Å²) in [6.45, 7) is 1.95. The van der Waals surface area contributed by atoms with E-state index in [1.807, 2.05) is 6.92 Å². The van der Waals surface area contributed by atoms with Crippen LogP contribution in [0.1, 0.15) is 23.0 Å². The van der Waals surface area contributed by atoms with Crippen LogP contribution < -0.4 is 14.8 Å². The number of ether oxygens (including phenoxy) is 2. The lowest BCUT2D eigenvalue weighted by molar-refractivity contribution is 0.102. The minimum Gasteiger partial charge on any atom is -0.497 e. The molecule has 2 N–H and O–H groups in total. The van der Waals surface area contributed by atoms with Gasteiger partial charge in [0.05, 0.1) is 25.6 Å². The molecule has 0 atom stereocenters. The third-order valence-corrected chi connectivity index (χ3v) is 4.16. The first-order valence-electron chi connectivity index (χ1n) is 8.43. The van der Waals surface area contributed by atoms with Gasteiger partial charge in [-0.25, -0.2) is 4.39 Å². The summed E-state index contributed by atoms with van der Waals surface area (Å²) in [5.74, 6) is 0.369. The number of aromatic amines is 1. The predicted octanol–water partition coefficient (Wildman–Crippen LogP) is 4.05. The standard InChI is InChI=1S/C20H20FN3O3/c1-4-17-19(18(24-23-17)12-5-7-14(21)8-6-12)22-20(25)13-9-15(26-2)11-16(10-13)27-3/h5-11H,4H2,1-3H3,(H,22,25)(H,23,24). The number of halogens is 1. The van der Waals surface area contributed by atoms with Crippen LogP contribution in [-0.4, -0.2) is 30.3 Å². The Labute approximate surface area is 156 Å². The van der Waals surface area contributed by atoms with Crippen LogP contribution in [-0.2, 0) is 6.42 Å². The maximum Gasteiger partial charge on any atom is 0.256 e. The zero-order valence-electron chi connectivity index (χ0n) is 15.3. The average molecular weight is 369 g/mol. The van der Waals surface area contributed by atoms with Gasteiger partial charge in [-0.2, -0.15) is 5.10 Å². The van der Waals surface area contributed by atoms with E-state index in [9.17, 15) is 9.18 Å². The molecule has 0 aliphatic rings. The van der Waals surface area contributed by atoms with Crippen LogP contribution in [0.5, 0.6) is 11.5 Å². The molecule has 1 amide bonds. The lowest BCUT2D eigenvalue weighted by atomic mass is 10.1. The molecule has 0 bridgehead atoms. The highest BCUT2D eigenvalue weighted by molar-refractivity contribution is 6.06. The molecule has 0 unspecified atom stereocenters. The Morgan fingerprint density at radius 2 is 1.74 bits per heavy atom. The molecular weight excluding hydrogens is 349 g/mol. The molecule has 0 saturated carbocycles. The fourth-order valence-corrected chi connectivity index (χ4v) is 2.71. The summed E-state index contributed by atoms with van der Waals surface area (Å²) in [6.07, 6.45) is 0.644. The van der Waals surface area contributed by atoms with E-state index in [2.05, 4.69) is 15.5 Å². The van der Waals surface area contributed by atoms with E-state index in [-0.39, 0.29) is 11.7 Å². The fourth-order valence-electron chi connectivity index (χ4n) is 2.71. The summed E-state index contributed by atoms with van der Waals surface area (Å²) in [4.78, 5) is 12.8. The van der Waals surface area contributed by atoms with Gasteiger partial charge in [0.1, 0.15) is 23.0 Å².